The molecule has 0 radical (unpaired) electrons. The van der Waals surface area contributed by atoms with E-state index in [1.165, 1.54) is 0 Å². The van der Waals surface area contributed by atoms with Crippen LogP contribution in [0.15, 0.2) is 60.8 Å². The molecule has 0 spiro atoms. The maximum Gasteiger partial charge on any atom is 0.342 e. The second kappa shape index (κ2) is 8.67. The highest BCUT2D eigenvalue weighted by molar-refractivity contribution is 5.97. The molecule has 2 heterocycles. The van der Waals surface area contributed by atoms with E-state index in [9.17, 15) is 9.59 Å². The first kappa shape index (κ1) is 23.3. The van der Waals surface area contributed by atoms with Crippen molar-refractivity contribution >= 4 is 11.9 Å². The molecule has 2 fully saturated rings. The monoisotopic (exact) mass is 471 g/mol. The molecule has 3 aromatic rings. The van der Waals surface area contributed by atoms with E-state index in [-0.39, 0.29) is 29.4 Å². The Labute approximate surface area is 206 Å². The molecule has 2 unspecified atom stereocenters. The summed E-state index contributed by atoms with van der Waals surface area (Å²) in [6.45, 7) is 9.33. The Morgan fingerprint density at radius 1 is 1.03 bits per heavy atom. The molecule has 1 aliphatic heterocycles. The SMILES string of the molecule is Cc1ccc(-c2nn(-c3ccccc3)cc2C(=O)OCC(=O)N2CC3(C)CC2CC(C)(C)C3)cc1. The van der Waals surface area contributed by atoms with Crippen LogP contribution >= 0.6 is 0 Å². The summed E-state index contributed by atoms with van der Waals surface area (Å²) in [5, 5.41) is 4.70. The normalized spacial score (nSPS) is 22.7. The number of hydrogen-bond acceptors (Lipinski definition) is 4. The number of benzene rings is 2. The lowest BCUT2D eigenvalue weighted by atomic mass is 9.65. The van der Waals surface area contributed by atoms with Crippen LogP contribution in [0, 0.1) is 17.8 Å². The Bertz CT molecular complexity index is 1250. The molecule has 2 atom stereocenters. The number of esters is 1. The molecule has 2 bridgehead atoms. The van der Waals surface area contributed by atoms with Gasteiger partial charge in [-0.3, -0.25) is 4.79 Å². The molecule has 1 aromatic heterocycles. The average Bonchev–Trinajstić information content (AvgIpc) is 3.36. The van der Waals surface area contributed by atoms with Gasteiger partial charge in [-0.15, -0.1) is 0 Å². The fraction of sp³-hybridized carbons (Fsp3) is 0.414. The average molecular weight is 472 g/mol. The summed E-state index contributed by atoms with van der Waals surface area (Å²) in [6, 6.07) is 17.7. The molecule has 2 aliphatic rings. The van der Waals surface area contributed by atoms with E-state index >= 15 is 0 Å². The van der Waals surface area contributed by atoms with Crippen LogP contribution in [0.5, 0.6) is 0 Å². The van der Waals surface area contributed by atoms with Crippen molar-refractivity contribution in [2.24, 2.45) is 10.8 Å². The number of carbonyl (C=O) groups excluding carboxylic acids is 2. The maximum atomic E-state index is 13.2. The predicted molar refractivity (Wildman–Crippen MR) is 135 cm³/mol. The van der Waals surface area contributed by atoms with Gasteiger partial charge in [0.25, 0.3) is 5.91 Å². The minimum absolute atomic E-state index is 0.114. The van der Waals surface area contributed by atoms with Crippen molar-refractivity contribution in [2.75, 3.05) is 13.2 Å². The summed E-state index contributed by atoms with van der Waals surface area (Å²) < 4.78 is 7.27. The van der Waals surface area contributed by atoms with E-state index in [1.54, 1.807) is 10.9 Å². The first-order chi connectivity index (χ1) is 16.6. The molecule has 1 aliphatic carbocycles. The Hall–Kier alpha value is -3.41. The summed E-state index contributed by atoms with van der Waals surface area (Å²) in [5.41, 5.74) is 4.04. The van der Waals surface area contributed by atoms with E-state index in [1.807, 2.05) is 66.4 Å². The largest absolute Gasteiger partial charge is 0.452 e. The molecular formula is C29H33N3O3. The van der Waals surface area contributed by atoms with Gasteiger partial charge in [0, 0.05) is 24.3 Å². The molecular weight excluding hydrogens is 438 g/mol. The fourth-order valence-electron chi connectivity index (χ4n) is 6.20. The first-order valence-electron chi connectivity index (χ1n) is 12.3. The van der Waals surface area contributed by atoms with Gasteiger partial charge in [-0.05, 0) is 49.1 Å². The van der Waals surface area contributed by atoms with Gasteiger partial charge in [0.2, 0.25) is 0 Å². The lowest BCUT2D eigenvalue weighted by Gasteiger charge is -2.39. The topological polar surface area (TPSA) is 64.4 Å². The molecule has 1 amide bonds. The number of para-hydroxylation sites is 1. The zero-order valence-electron chi connectivity index (χ0n) is 21.0. The summed E-state index contributed by atoms with van der Waals surface area (Å²) in [4.78, 5) is 28.3. The van der Waals surface area contributed by atoms with Crippen molar-refractivity contribution < 1.29 is 14.3 Å². The minimum atomic E-state index is -0.537. The van der Waals surface area contributed by atoms with Crippen molar-refractivity contribution in [3.05, 3.63) is 71.9 Å². The smallest absolute Gasteiger partial charge is 0.342 e. The summed E-state index contributed by atoms with van der Waals surface area (Å²) in [7, 11) is 0. The van der Waals surface area contributed by atoms with Crippen LogP contribution in [-0.2, 0) is 9.53 Å². The zero-order valence-corrected chi connectivity index (χ0v) is 21.0. The second-order valence-corrected chi connectivity index (χ2v) is 11.3. The van der Waals surface area contributed by atoms with Crippen LogP contribution < -0.4 is 0 Å². The van der Waals surface area contributed by atoms with Gasteiger partial charge in [-0.2, -0.15) is 5.10 Å². The summed E-state index contributed by atoms with van der Waals surface area (Å²) >= 11 is 0. The number of nitrogens with zero attached hydrogens (tertiary/aromatic N) is 3. The highest BCUT2D eigenvalue weighted by Crippen LogP contribution is 2.52. The van der Waals surface area contributed by atoms with Gasteiger partial charge in [-0.1, -0.05) is 68.8 Å². The van der Waals surface area contributed by atoms with E-state index in [0.29, 0.717) is 11.3 Å². The minimum Gasteiger partial charge on any atom is -0.452 e. The third-order valence-corrected chi connectivity index (χ3v) is 7.34. The van der Waals surface area contributed by atoms with Crippen LogP contribution in [0.25, 0.3) is 16.9 Å². The highest BCUT2D eigenvalue weighted by atomic mass is 16.5. The van der Waals surface area contributed by atoms with E-state index in [0.717, 1.165) is 42.6 Å². The second-order valence-electron chi connectivity index (χ2n) is 11.3. The lowest BCUT2D eigenvalue weighted by Crippen LogP contribution is -2.39. The van der Waals surface area contributed by atoms with Gasteiger partial charge in [0.15, 0.2) is 6.61 Å². The number of ether oxygens (including phenoxy) is 1. The molecule has 1 saturated heterocycles. The molecule has 182 valence electrons. The predicted octanol–water partition coefficient (Wildman–Crippen LogP) is 5.43. The van der Waals surface area contributed by atoms with Crippen molar-refractivity contribution in [1.29, 1.82) is 0 Å². The maximum absolute atomic E-state index is 13.2. The number of hydrogen-bond donors (Lipinski definition) is 0. The first-order valence-corrected chi connectivity index (χ1v) is 12.3. The van der Waals surface area contributed by atoms with Gasteiger partial charge >= 0.3 is 5.97 Å². The number of amides is 1. The zero-order chi connectivity index (χ0) is 24.8. The third-order valence-electron chi connectivity index (χ3n) is 7.34. The van der Waals surface area contributed by atoms with Crippen LogP contribution in [0.1, 0.15) is 56.0 Å². The number of aryl methyl sites for hydroxylation is 1. The molecule has 5 rings (SSSR count). The van der Waals surface area contributed by atoms with E-state index < -0.39 is 5.97 Å². The van der Waals surface area contributed by atoms with E-state index in [2.05, 4.69) is 20.8 Å². The molecule has 0 N–H and O–H groups in total. The molecule has 35 heavy (non-hydrogen) atoms. The van der Waals surface area contributed by atoms with Gasteiger partial charge in [0.05, 0.1) is 5.69 Å². The quantitative estimate of drug-likeness (QED) is 0.466. The van der Waals surface area contributed by atoms with Crippen molar-refractivity contribution in [1.82, 2.24) is 14.7 Å². The summed E-state index contributed by atoms with van der Waals surface area (Å²) in [6.07, 6.45) is 4.81. The van der Waals surface area contributed by atoms with Gasteiger partial charge < -0.3 is 9.64 Å². The van der Waals surface area contributed by atoms with Crippen molar-refractivity contribution in [2.45, 2.75) is 53.0 Å². The number of rotatable bonds is 5. The van der Waals surface area contributed by atoms with Crippen LogP contribution in [0.3, 0.4) is 0 Å². The Kier molecular flexibility index (Phi) is 5.78. The van der Waals surface area contributed by atoms with Crippen molar-refractivity contribution in [3.63, 3.8) is 0 Å². The highest BCUT2D eigenvalue weighted by Gasteiger charge is 2.51. The fourth-order valence-corrected chi connectivity index (χ4v) is 6.20. The number of carbonyl (C=O) groups is 2. The van der Waals surface area contributed by atoms with Gasteiger partial charge in [-0.25, -0.2) is 9.48 Å². The molecule has 1 saturated carbocycles. The number of fused-ring (bicyclic) bond motifs is 2. The molecule has 6 nitrogen and oxygen atoms in total. The third kappa shape index (κ3) is 4.75. The molecule has 2 aromatic carbocycles. The van der Waals surface area contributed by atoms with Crippen LogP contribution in [0.2, 0.25) is 0 Å². The Morgan fingerprint density at radius 2 is 1.74 bits per heavy atom. The Balaban J connectivity index is 1.36. The van der Waals surface area contributed by atoms with Crippen LogP contribution in [0.4, 0.5) is 0 Å². The molecule has 6 heteroatoms. The number of likely N-dealkylation sites (tertiary alicyclic amines) is 1. The lowest BCUT2D eigenvalue weighted by molar-refractivity contribution is -0.135. The summed E-state index contributed by atoms with van der Waals surface area (Å²) in [5.74, 6) is -0.651. The van der Waals surface area contributed by atoms with Crippen LogP contribution in [-0.4, -0.2) is 45.8 Å². The van der Waals surface area contributed by atoms with E-state index in [4.69, 9.17) is 9.84 Å². The standard InChI is InChI=1S/C29H33N3O3/c1-20-10-12-21(13-11-20)26-24(16-32(30-26)22-8-6-5-7-9-22)27(34)35-17-25(33)31-19-29(4)15-23(31)14-28(2,3)18-29/h5-13,16,23H,14-15,17-19H2,1-4H3. The number of aromatic nitrogens is 2. The Morgan fingerprint density at radius 3 is 2.46 bits per heavy atom. The van der Waals surface area contributed by atoms with Crippen molar-refractivity contribution in [3.8, 4) is 16.9 Å². The van der Waals surface area contributed by atoms with Gasteiger partial charge in [0.1, 0.15) is 11.3 Å².